The lowest BCUT2D eigenvalue weighted by Gasteiger charge is -2.42. The molecule has 0 atom stereocenters. The Labute approximate surface area is 192 Å². The number of amides is 2. The molecule has 5 nitrogen and oxygen atoms in total. The summed E-state index contributed by atoms with van der Waals surface area (Å²) in [7, 11) is 0. The number of benzene rings is 2. The molecule has 0 spiro atoms. The third kappa shape index (κ3) is 5.41. The topological polar surface area (TPSA) is 58.6 Å². The van der Waals surface area contributed by atoms with E-state index in [1.54, 1.807) is 19.1 Å². The van der Waals surface area contributed by atoms with Crippen LogP contribution in [0.1, 0.15) is 42.7 Å². The number of likely N-dealkylation sites (tertiary alicyclic amines) is 1. The van der Waals surface area contributed by atoms with E-state index in [9.17, 15) is 14.0 Å². The zero-order chi connectivity index (χ0) is 22.7. The Morgan fingerprint density at radius 3 is 2.44 bits per heavy atom. The summed E-state index contributed by atoms with van der Waals surface area (Å²) in [5.41, 5.74) is 1.76. The number of hydrogen-bond donors (Lipinski definition) is 1. The van der Waals surface area contributed by atoms with Gasteiger partial charge < -0.3 is 15.0 Å². The second-order valence-electron chi connectivity index (χ2n) is 8.81. The number of hydrogen-bond acceptors (Lipinski definition) is 3. The summed E-state index contributed by atoms with van der Waals surface area (Å²) in [5.74, 6) is 0.394. The standard InChI is InChI=1S/C25H28ClFN2O3/c1-16-2-11-22(12-23(16)27)32-15-24(30)28-21-9-5-18(6-10-21)25(31)29-13-19(14-29)17-3-7-20(26)8-4-17/h2-4,7-8,11-12,18-19,21H,5-6,9-10,13-15H2,1H3,(H,28,30). The van der Waals surface area contributed by atoms with E-state index < -0.39 is 0 Å². The number of halogens is 2. The van der Waals surface area contributed by atoms with E-state index in [0.717, 1.165) is 43.8 Å². The predicted octanol–water partition coefficient (Wildman–Crippen LogP) is 4.47. The fourth-order valence-electron chi connectivity index (χ4n) is 4.43. The van der Waals surface area contributed by atoms with Gasteiger partial charge in [-0.2, -0.15) is 0 Å². The number of carbonyl (C=O) groups excluding carboxylic acids is 2. The van der Waals surface area contributed by atoms with Gasteiger partial charge in [-0.3, -0.25) is 9.59 Å². The summed E-state index contributed by atoms with van der Waals surface area (Å²) in [4.78, 5) is 27.0. The summed E-state index contributed by atoms with van der Waals surface area (Å²) in [6.07, 6.45) is 3.09. The number of carbonyl (C=O) groups is 2. The third-order valence-corrected chi connectivity index (χ3v) is 6.74. The van der Waals surface area contributed by atoms with Crippen molar-refractivity contribution in [2.45, 2.75) is 44.6 Å². The van der Waals surface area contributed by atoms with Crippen LogP contribution >= 0.6 is 11.6 Å². The number of aryl methyl sites for hydroxylation is 1. The molecule has 0 aromatic heterocycles. The first kappa shape index (κ1) is 22.6. The number of ether oxygens (including phenoxy) is 1. The maximum Gasteiger partial charge on any atom is 0.258 e. The van der Waals surface area contributed by atoms with Crippen LogP contribution in [0.3, 0.4) is 0 Å². The molecular formula is C25H28ClFN2O3. The van der Waals surface area contributed by atoms with Crippen molar-refractivity contribution in [3.63, 3.8) is 0 Å². The van der Waals surface area contributed by atoms with Crippen molar-refractivity contribution in [1.82, 2.24) is 10.2 Å². The minimum absolute atomic E-state index is 0.0288. The van der Waals surface area contributed by atoms with Crippen LogP contribution < -0.4 is 10.1 Å². The molecule has 0 radical (unpaired) electrons. The molecule has 2 aromatic carbocycles. The van der Waals surface area contributed by atoms with Gasteiger partial charge in [0.2, 0.25) is 5.91 Å². The summed E-state index contributed by atoms with van der Waals surface area (Å²) in [6.45, 7) is 3.04. The van der Waals surface area contributed by atoms with Crippen LogP contribution in [0.2, 0.25) is 5.02 Å². The zero-order valence-corrected chi connectivity index (χ0v) is 18.9. The van der Waals surface area contributed by atoms with Gasteiger partial charge in [0.15, 0.2) is 6.61 Å². The lowest BCUT2D eigenvalue weighted by atomic mass is 9.83. The second-order valence-corrected chi connectivity index (χ2v) is 9.24. The molecule has 1 aliphatic heterocycles. The zero-order valence-electron chi connectivity index (χ0n) is 18.2. The SMILES string of the molecule is Cc1ccc(OCC(=O)NC2CCC(C(=O)N3CC(c4ccc(Cl)cc4)C3)CC2)cc1F. The largest absolute Gasteiger partial charge is 0.484 e. The number of rotatable bonds is 6. The maximum atomic E-state index is 13.6. The minimum Gasteiger partial charge on any atom is -0.484 e. The molecule has 0 bridgehead atoms. The Bertz CT molecular complexity index is 968. The van der Waals surface area contributed by atoms with Crippen LogP contribution in [-0.4, -0.2) is 42.5 Å². The van der Waals surface area contributed by atoms with Gasteiger partial charge in [-0.25, -0.2) is 4.39 Å². The average Bonchev–Trinajstić information content (AvgIpc) is 2.75. The lowest BCUT2D eigenvalue weighted by Crippen LogP contribution is -2.51. The van der Waals surface area contributed by atoms with Gasteiger partial charge in [0.1, 0.15) is 11.6 Å². The Morgan fingerprint density at radius 2 is 1.78 bits per heavy atom. The number of nitrogens with zero attached hydrogens (tertiary/aromatic N) is 1. The molecule has 1 saturated heterocycles. The summed E-state index contributed by atoms with van der Waals surface area (Å²) in [5, 5.41) is 3.69. The molecule has 4 rings (SSSR count). The highest BCUT2D eigenvalue weighted by Gasteiger charge is 2.36. The smallest absolute Gasteiger partial charge is 0.258 e. The van der Waals surface area contributed by atoms with Crippen molar-refractivity contribution in [3.05, 3.63) is 64.4 Å². The molecule has 1 aliphatic carbocycles. The van der Waals surface area contributed by atoms with E-state index in [1.807, 2.05) is 29.2 Å². The van der Waals surface area contributed by atoms with Crippen molar-refractivity contribution in [2.24, 2.45) is 5.92 Å². The molecule has 1 heterocycles. The lowest BCUT2D eigenvalue weighted by molar-refractivity contribution is -0.141. The van der Waals surface area contributed by atoms with Gasteiger partial charge >= 0.3 is 0 Å². The molecule has 170 valence electrons. The van der Waals surface area contributed by atoms with Gasteiger partial charge in [0.05, 0.1) is 0 Å². The molecule has 1 N–H and O–H groups in total. The van der Waals surface area contributed by atoms with Crippen LogP contribution in [0.15, 0.2) is 42.5 Å². The first-order chi connectivity index (χ1) is 15.4. The van der Waals surface area contributed by atoms with E-state index in [2.05, 4.69) is 5.32 Å². The summed E-state index contributed by atoms with van der Waals surface area (Å²) < 4.78 is 19.0. The summed E-state index contributed by atoms with van der Waals surface area (Å²) in [6, 6.07) is 12.4. The van der Waals surface area contributed by atoms with Crippen molar-refractivity contribution >= 4 is 23.4 Å². The van der Waals surface area contributed by atoms with Crippen molar-refractivity contribution < 1.29 is 18.7 Å². The van der Waals surface area contributed by atoms with Crippen LogP contribution in [0, 0.1) is 18.7 Å². The predicted molar refractivity (Wildman–Crippen MR) is 121 cm³/mol. The minimum atomic E-state index is -0.354. The monoisotopic (exact) mass is 458 g/mol. The van der Waals surface area contributed by atoms with Gasteiger partial charge in [-0.1, -0.05) is 29.8 Å². The van der Waals surface area contributed by atoms with Gasteiger partial charge in [-0.15, -0.1) is 0 Å². The highest BCUT2D eigenvalue weighted by molar-refractivity contribution is 6.30. The first-order valence-corrected chi connectivity index (χ1v) is 11.5. The third-order valence-electron chi connectivity index (χ3n) is 6.49. The highest BCUT2D eigenvalue weighted by atomic mass is 35.5. The molecule has 2 aliphatic rings. The maximum absolute atomic E-state index is 13.6. The van der Waals surface area contributed by atoms with Crippen molar-refractivity contribution in [2.75, 3.05) is 19.7 Å². The Balaban J connectivity index is 1.16. The molecule has 2 aromatic rings. The second kappa shape index (κ2) is 9.90. The van der Waals surface area contributed by atoms with E-state index in [-0.39, 0.29) is 36.2 Å². The molecule has 1 saturated carbocycles. The molecule has 2 amide bonds. The molecule has 0 unspecified atom stereocenters. The fraction of sp³-hybridized carbons (Fsp3) is 0.440. The van der Waals surface area contributed by atoms with E-state index >= 15 is 0 Å². The van der Waals surface area contributed by atoms with Gasteiger partial charge in [-0.05, 0) is 61.9 Å². The average molecular weight is 459 g/mol. The molecular weight excluding hydrogens is 431 g/mol. The Hall–Kier alpha value is -2.60. The highest BCUT2D eigenvalue weighted by Crippen LogP contribution is 2.32. The Kier molecular flexibility index (Phi) is 6.99. The fourth-order valence-corrected chi connectivity index (χ4v) is 4.55. The van der Waals surface area contributed by atoms with Crippen molar-refractivity contribution in [1.29, 1.82) is 0 Å². The number of nitrogens with one attached hydrogen (secondary N) is 1. The Morgan fingerprint density at radius 1 is 1.09 bits per heavy atom. The quantitative estimate of drug-likeness (QED) is 0.695. The van der Waals surface area contributed by atoms with Crippen LogP contribution in [0.4, 0.5) is 4.39 Å². The normalized spacial score (nSPS) is 21.0. The first-order valence-electron chi connectivity index (χ1n) is 11.1. The van der Waals surface area contributed by atoms with Crippen LogP contribution in [0.5, 0.6) is 5.75 Å². The van der Waals surface area contributed by atoms with Crippen LogP contribution in [0.25, 0.3) is 0 Å². The van der Waals surface area contributed by atoms with E-state index in [4.69, 9.17) is 16.3 Å². The van der Waals surface area contributed by atoms with Crippen LogP contribution in [-0.2, 0) is 9.59 Å². The summed E-state index contributed by atoms with van der Waals surface area (Å²) >= 11 is 5.95. The molecule has 2 fully saturated rings. The molecule has 7 heteroatoms. The van der Waals surface area contributed by atoms with Gasteiger partial charge in [0.25, 0.3) is 5.91 Å². The van der Waals surface area contributed by atoms with E-state index in [0.29, 0.717) is 17.2 Å². The molecule has 32 heavy (non-hydrogen) atoms. The van der Waals surface area contributed by atoms with Crippen molar-refractivity contribution in [3.8, 4) is 5.75 Å². The van der Waals surface area contributed by atoms with Gasteiger partial charge in [0, 0.05) is 42.1 Å². The van der Waals surface area contributed by atoms with E-state index in [1.165, 1.54) is 11.6 Å².